The van der Waals surface area contributed by atoms with Crippen molar-refractivity contribution >= 4 is 34.7 Å². The zero-order valence-corrected chi connectivity index (χ0v) is 16.1. The van der Waals surface area contributed by atoms with E-state index in [1.165, 1.54) is 0 Å². The third-order valence-electron chi connectivity index (χ3n) is 4.32. The Bertz CT molecular complexity index is 648. The van der Waals surface area contributed by atoms with Gasteiger partial charge in [-0.25, -0.2) is 4.98 Å². The first kappa shape index (κ1) is 17.3. The van der Waals surface area contributed by atoms with Gasteiger partial charge in [0, 0.05) is 21.7 Å². The first-order valence-electron chi connectivity index (χ1n) is 7.87. The molecule has 0 aliphatic carbocycles. The predicted octanol–water partition coefficient (Wildman–Crippen LogP) is 6.01. The second kappa shape index (κ2) is 7.14. The number of benzene rings is 1. The van der Waals surface area contributed by atoms with Crippen LogP contribution in [0.1, 0.15) is 27.2 Å². The lowest BCUT2D eigenvalue weighted by atomic mass is 9.80. The zero-order chi connectivity index (χ0) is 16.4. The van der Waals surface area contributed by atoms with Crippen molar-refractivity contribution in [1.29, 1.82) is 0 Å². The molecule has 2 aromatic rings. The molecular formula is C18H22ClNOS2. The lowest BCUT2D eigenvalue weighted by Crippen LogP contribution is -2.20. The van der Waals surface area contributed by atoms with Gasteiger partial charge in [0.15, 0.2) is 4.34 Å². The number of rotatable bonds is 4. The fraction of sp³-hybridized carbons (Fsp3) is 0.500. The van der Waals surface area contributed by atoms with E-state index in [9.17, 15) is 0 Å². The minimum atomic E-state index is 0.336. The van der Waals surface area contributed by atoms with E-state index in [0.29, 0.717) is 17.4 Å². The summed E-state index contributed by atoms with van der Waals surface area (Å²) in [5.74, 6) is 1.65. The lowest BCUT2D eigenvalue weighted by Gasteiger charge is -2.25. The van der Waals surface area contributed by atoms with Crippen LogP contribution in [0.15, 0.2) is 34.0 Å². The summed E-state index contributed by atoms with van der Waals surface area (Å²) in [5, 5.41) is 2.87. The Morgan fingerprint density at radius 1 is 1.30 bits per heavy atom. The Hall–Kier alpha value is -0.550. The van der Waals surface area contributed by atoms with Crippen LogP contribution in [-0.4, -0.2) is 23.4 Å². The zero-order valence-electron chi connectivity index (χ0n) is 13.7. The van der Waals surface area contributed by atoms with Gasteiger partial charge in [-0.3, -0.25) is 0 Å². The Morgan fingerprint density at radius 3 is 2.70 bits per heavy atom. The topological polar surface area (TPSA) is 22.1 Å². The molecule has 0 unspecified atom stereocenters. The molecule has 0 saturated carbocycles. The molecule has 124 valence electrons. The van der Waals surface area contributed by atoms with E-state index in [1.807, 2.05) is 24.3 Å². The molecule has 2 heterocycles. The molecule has 2 atom stereocenters. The van der Waals surface area contributed by atoms with E-state index in [4.69, 9.17) is 21.3 Å². The number of ether oxygens (including phenoxy) is 1. The van der Waals surface area contributed by atoms with Gasteiger partial charge in [0.2, 0.25) is 0 Å². The van der Waals surface area contributed by atoms with Crippen LogP contribution in [0.5, 0.6) is 0 Å². The molecule has 3 rings (SSSR count). The van der Waals surface area contributed by atoms with Gasteiger partial charge < -0.3 is 4.74 Å². The van der Waals surface area contributed by atoms with E-state index >= 15 is 0 Å². The van der Waals surface area contributed by atoms with Crippen molar-refractivity contribution in [3.8, 4) is 11.3 Å². The Kier molecular flexibility index (Phi) is 5.36. The van der Waals surface area contributed by atoms with Gasteiger partial charge in [-0.1, -0.05) is 56.3 Å². The molecular weight excluding hydrogens is 346 g/mol. The molecule has 1 aromatic heterocycles. The smallest absolute Gasteiger partial charge is 0.150 e. The van der Waals surface area contributed by atoms with Crippen molar-refractivity contribution in [3.05, 3.63) is 34.7 Å². The number of thioether (sulfide) groups is 1. The highest BCUT2D eigenvalue weighted by atomic mass is 35.5. The van der Waals surface area contributed by atoms with E-state index in [0.717, 1.165) is 39.4 Å². The fourth-order valence-corrected chi connectivity index (χ4v) is 4.69. The molecule has 1 saturated heterocycles. The molecule has 23 heavy (non-hydrogen) atoms. The van der Waals surface area contributed by atoms with Gasteiger partial charge in [-0.2, -0.15) is 0 Å². The molecule has 0 N–H and O–H groups in total. The van der Waals surface area contributed by atoms with Crippen LogP contribution in [0, 0.1) is 11.3 Å². The Morgan fingerprint density at radius 2 is 2.04 bits per heavy atom. The highest BCUT2D eigenvalue weighted by Crippen LogP contribution is 2.37. The number of hydrogen-bond acceptors (Lipinski definition) is 4. The largest absolute Gasteiger partial charge is 0.377 e. The SMILES string of the molecule is CC(C)(C)[C@H]1CO[C@@H](CSc2nc(-c3ccc(Cl)cc3)cs2)C1. The molecule has 1 aliphatic rings. The standard InChI is InChI=1S/C18H22ClNOS2/c1-18(2,3)13-8-15(21-9-13)10-22-17-20-16(11-23-17)12-4-6-14(19)7-5-12/h4-7,11,13,15H,8-10H2,1-3H3/t13-,15-/m1/s1. The number of halogens is 1. The highest BCUT2D eigenvalue weighted by Gasteiger charge is 2.33. The minimum absolute atomic E-state index is 0.336. The summed E-state index contributed by atoms with van der Waals surface area (Å²) in [6.45, 7) is 7.80. The third kappa shape index (κ3) is 4.50. The molecule has 5 heteroatoms. The average Bonchev–Trinajstić information content (AvgIpc) is 3.15. The van der Waals surface area contributed by atoms with Crippen LogP contribution in [-0.2, 0) is 4.74 Å². The van der Waals surface area contributed by atoms with Gasteiger partial charge in [0.25, 0.3) is 0 Å². The maximum absolute atomic E-state index is 5.96. The van der Waals surface area contributed by atoms with Crippen molar-refractivity contribution in [2.45, 2.75) is 37.6 Å². The van der Waals surface area contributed by atoms with Crippen LogP contribution in [0.2, 0.25) is 5.02 Å². The van der Waals surface area contributed by atoms with Crippen molar-refractivity contribution in [1.82, 2.24) is 4.98 Å². The minimum Gasteiger partial charge on any atom is -0.377 e. The molecule has 0 amide bonds. The molecule has 0 radical (unpaired) electrons. The average molecular weight is 368 g/mol. The summed E-state index contributed by atoms with van der Waals surface area (Å²) >= 11 is 9.44. The third-order valence-corrected chi connectivity index (χ3v) is 6.73. The molecule has 1 aliphatic heterocycles. The van der Waals surface area contributed by atoms with E-state index in [-0.39, 0.29) is 0 Å². The molecule has 0 bridgehead atoms. The summed E-state index contributed by atoms with van der Waals surface area (Å²) in [6.07, 6.45) is 1.51. The van der Waals surface area contributed by atoms with E-state index in [1.54, 1.807) is 23.1 Å². The first-order valence-corrected chi connectivity index (χ1v) is 10.1. The van der Waals surface area contributed by atoms with Crippen LogP contribution < -0.4 is 0 Å². The fourth-order valence-electron chi connectivity index (χ4n) is 2.67. The maximum Gasteiger partial charge on any atom is 0.150 e. The predicted molar refractivity (Wildman–Crippen MR) is 101 cm³/mol. The van der Waals surface area contributed by atoms with Crippen molar-refractivity contribution in [2.24, 2.45) is 11.3 Å². The summed E-state index contributed by atoms with van der Waals surface area (Å²) in [5.41, 5.74) is 2.47. The maximum atomic E-state index is 5.96. The van der Waals surface area contributed by atoms with Gasteiger partial charge in [0.05, 0.1) is 18.4 Å². The van der Waals surface area contributed by atoms with Crippen LogP contribution in [0.3, 0.4) is 0 Å². The lowest BCUT2D eigenvalue weighted by molar-refractivity contribution is 0.110. The molecule has 1 aromatic carbocycles. The summed E-state index contributed by atoms with van der Waals surface area (Å²) < 4.78 is 7.07. The molecule has 2 nitrogen and oxygen atoms in total. The van der Waals surface area contributed by atoms with E-state index in [2.05, 4.69) is 26.2 Å². The molecule has 1 fully saturated rings. The first-order chi connectivity index (χ1) is 10.9. The number of thiazole rings is 1. The van der Waals surface area contributed by atoms with Crippen molar-refractivity contribution < 1.29 is 4.74 Å². The Balaban J connectivity index is 1.55. The van der Waals surface area contributed by atoms with Crippen LogP contribution in [0.25, 0.3) is 11.3 Å². The molecule has 0 spiro atoms. The number of nitrogens with zero attached hydrogens (tertiary/aromatic N) is 1. The monoisotopic (exact) mass is 367 g/mol. The number of aromatic nitrogens is 1. The summed E-state index contributed by atoms with van der Waals surface area (Å²) in [7, 11) is 0. The van der Waals surface area contributed by atoms with Crippen LogP contribution >= 0.6 is 34.7 Å². The van der Waals surface area contributed by atoms with Crippen LogP contribution in [0.4, 0.5) is 0 Å². The normalized spacial score (nSPS) is 21.7. The van der Waals surface area contributed by atoms with Gasteiger partial charge >= 0.3 is 0 Å². The van der Waals surface area contributed by atoms with Gasteiger partial charge in [0.1, 0.15) is 0 Å². The van der Waals surface area contributed by atoms with Crippen molar-refractivity contribution in [2.75, 3.05) is 12.4 Å². The van der Waals surface area contributed by atoms with Gasteiger partial charge in [-0.05, 0) is 29.9 Å². The second-order valence-corrected chi connectivity index (χ2v) is 9.63. The summed E-state index contributed by atoms with van der Waals surface area (Å²) in [6, 6.07) is 7.84. The quantitative estimate of drug-likeness (QED) is 0.618. The van der Waals surface area contributed by atoms with Crippen molar-refractivity contribution in [3.63, 3.8) is 0 Å². The highest BCUT2D eigenvalue weighted by molar-refractivity contribution is 8.01. The van der Waals surface area contributed by atoms with Gasteiger partial charge in [-0.15, -0.1) is 11.3 Å². The van der Waals surface area contributed by atoms with E-state index < -0.39 is 0 Å². The Labute approximate surface area is 151 Å². The summed E-state index contributed by atoms with van der Waals surface area (Å²) in [4.78, 5) is 4.72. The number of hydrogen-bond donors (Lipinski definition) is 0. The second-order valence-electron chi connectivity index (χ2n) is 7.07.